The van der Waals surface area contributed by atoms with Crippen molar-refractivity contribution in [2.75, 3.05) is 19.8 Å². The molecule has 1 aliphatic carbocycles. The number of benzene rings is 1. The maximum absolute atomic E-state index is 14.9. The average Bonchev–Trinajstić information content (AvgIpc) is 3.59. The van der Waals surface area contributed by atoms with Gasteiger partial charge in [0, 0.05) is 6.07 Å². The van der Waals surface area contributed by atoms with Crippen molar-refractivity contribution in [2.45, 2.75) is 56.0 Å². The van der Waals surface area contributed by atoms with Gasteiger partial charge in [0.15, 0.2) is 11.8 Å². The van der Waals surface area contributed by atoms with Crippen LogP contribution in [0.1, 0.15) is 29.2 Å². The quantitative estimate of drug-likeness (QED) is 0.486. The summed E-state index contributed by atoms with van der Waals surface area (Å²) in [7, 11) is 0. The van der Waals surface area contributed by atoms with Gasteiger partial charge < -0.3 is 29.0 Å². The third-order valence-corrected chi connectivity index (χ3v) is 7.22. The van der Waals surface area contributed by atoms with Crippen molar-refractivity contribution in [1.29, 1.82) is 0 Å². The minimum atomic E-state index is -2.63. The summed E-state index contributed by atoms with van der Waals surface area (Å²) in [4.78, 5) is 12.1. The van der Waals surface area contributed by atoms with E-state index in [1.165, 1.54) is 0 Å². The first kappa shape index (κ1) is 23.8. The zero-order chi connectivity index (χ0) is 25.0. The molecule has 0 saturated carbocycles. The summed E-state index contributed by atoms with van der Waals surface area (Å²) >= 11 is 6.51. The summed E-state index contributed by atoms with van der Waals surface area (Å²) in [6, 6.07) is 4.72. The van der Waals surface area contributed by atoms with Crippen LogP contribution in [0.25, 0.3) is 11.2 Å². The summed E-state index contributed by atoms with van der Waals surface area (Å²) in [5.74, 6) is -0.548. The molecule has 2 aliphatic heterocycles. The van der Waals surface area contributed by atoms with Gasteiger partial charge >= 0.3 is 0 Å². The molecule has 0 spiro atoms. The highest BCUT2D eigenvalue weighted by atomic mass is 35.5. The average molecular weight is 526 g/mol. The lowest BCUT2D eigenvalue weighted by atomic mass is 9.95. The first-order valence-corrected chi connectivity index (χ1v) is 12.1. The number of ether oxygens (including phenoxy) is 4. The van der Waals surface area contributed by atoms with Crippen LogP contribution in [0.15, 0.2) is 18.2 Å². The van der Waals surface area contributed by atoms with Crippen molar-refractivity contribution in [3.05, 3.63) is 45.9 Å². The number of H-pyrrole nitrogens is 1. The van der Waals surface area contributed by atoms with Gasteiger partial charge in [0.05, 0.1) is 29.4 Å². The van der Waals surface area contributed by atoms with E-state index in [9.17, 15) is 18.3 Å². The fraction of sp³-hybridized carbons (Fsp3) is 0.500. The van der Waals surface area contributed by atoms with E-state index in [0.717, 1.165) is 11.6 Å². The standard InChI is InChI=1S/C24H23ClF3N3O5/c25-13-6-16-23(31-24(30-16)36-18-8-35-21-17(32)7-34-22(18)21)29-15(13)4-11-2-1-10-3-12(33-9-19(27)28)5-14(26)20(10)11/h3,5-6,11,17-19,21-22,32H,1-2,4,7-9H2,(H,29,30,31)/t11?,17-,18-,21-,22-/m1/s1. The lowest BCUT2D eigenvalue weighted by Crippen LogP contribution is -2.34. The van der Waals surface area contributed by atoms with Gasteiger partial charge in [0.1, 0.15) is 36.5 Å². The van der Waals surface area contributed by atoms with Crippen LogP contribution in [0.5, 0.6) is 11.8 Å². The molecular weight excluding hydrogens is 503 g/mol. The number of fused-ring (bicyclic) bond motifs is 3. The number of aliphatic hydroxyl groups excluding tert-OH is 1. The fourth-order valence-electron chi connectivity index (χ4n) is 5.29. The molecule has 4 heterocycles. The summed E-state index contributed by atoms with van der Waals surface area (Å²) in [5, 5.41) is 10.3. The molecule has 2 N–H and O–H groups in total. The number of pyridine rings is 1. The van der Waals surface area contributed by atoms with Crippen molar-refractivity contribution < 1.29 is 37.2 Å². The van der Waals surface area contributed by atoms with Gasteiger partial charge in [-0.3, -0.25) is 0 Å². The maximum Gasteiger partial charge on any atom is 0.296 e. The largest absolute Gasteiger partial charge is 0.488 e. The number of aryl methyl sites for hydroxylation is 1. The number of aromatic nitrogens is 3. The fourth-order valence-corrected chi connectivity index (χ4v) is 5.51. The van der Waals surface area contributed by atoms with Gasteiger partial charge in [0.25, 0.3) is 12.4 Å². The Labute approximate surface area is 208 Å². The SMILES string of the molecule is O[C@@H]1CO[C@H]2[C@@H]1OC[C@H]2Oc1nc2nc(CC3CCc4cc(OCC(F)F)cc(F)c43)c(Cl)cc2[nH]1. The molecule has 6 rings (SSSR count). The summed E-state index contributed by atoms with van der Waals surface area (Å²) in [6.07, 6.45) is -2.85. The number of rotatable bonds is 7. The minimum absolute atomic E-state index is 0.102. The molecule has 1 unspecified atom stereocenters. The smallest absolute Gasteiger partial charge is 0.296 e. The van der Waals surface area contributed by atoms with Crippen LogP contribution in [0.4, 0.5) is 13.2 Å². The maximum atomic E-state index is 14.9. The Morgan fingerprint density at radius 3 is 2.83 bits per heavy atom. The lowest BCUT2D eigenvalue weighted by molar-refractivity contribution is 0.00706. The van der Waals surface area contributed by atoms with Gasteiger partial charge in [-0.15, -0.1) is 0 Å². The van der Waals surface area contributed by atoms with E-state index < -0.39 is 37.2 Å². The Morgan fingerprint density at radius 2 is 2.00 bits per heavy atom. The molecule has 2 aromatic heterocycles. The normalized spacial score (nSPS) is 27.1. The van der Waals surface area contributed by atoms with E-state index in [1.54, 1.807) is 12.1 Å². The number of hydrogen-bond acceptors (Lipinski definition) is 7. The topological polar surface area (TPSA) is 98.7 Å². The molecule has 0 bridgehead atoms. The van der Waals surface area contributed by atoms with Gasteiger partial charge in [-0.05, 0) is 48.4 Å². The van der Waals surface area contributed by atoms with Crippen LogP contribution in [0, 0.1) is 5.82 Å². The second-order valence-corrected chi connectivity index (χ2v) is 9.68. The van der Waals surface area contributed by atoms with E-state index in [2.05, 4.69) is 15.0 Å². The molecule has 0 amide bonds. The Bertz CT molecular complexity index is 1290. The molecule has 3 aromatic rings. The molecule has 2 fully saturated rings. The third-order valence-electron chi connectivity index (χ3n) is 6.90. The van der Waals surface area contributed by atoms with E-state index in [1.807, 2.05) is 0 Å². The number of alkyl halides is 2. The predicted molar refractivity (Wildman–Crippen MR) is 121 cm³/mol. The van der Waals surface area contributed by atoms with Gasteiger partial charge in [-0.2, -0.15) is 4.98 Å². The van der Waals surface area contributed by atoms with E-state index >= 15 is 0 Å². The van der Waals surface area contributed by atoms with Gasteiger partial charge in [0.2, 0.25) is 0 Å². The molecule has 5 atom stereocenters. The highest BCUT2D eigenvalue weighted by Crippen LogP contribution is 2.40. The lowest BCUT2D eigenvalue weighted by Gasteiger charge is -2.15. The van der Waals surface area contributed by atoms with Crippen molar-refractivity contribution in [3.8, 4) is 11.8 Å². The van der Waals surface area contributed by atoms with Crippen LogP contribution < -0.4 is 9.47 Å². The first-order valence-electron chi connectivity index (χ1n) is 11.7. The Balaban J connectivity index is 1.19. The van der Waals surface area contributed by atoms with E-state index in [0.29, 0.717) is 46.7 Å². The zero-order valence-electron chi connectivity index (χ0n) is 18.9. The van der Waals surface area contributed by atoms with Crippen molar-refractivity contribution in [2.24, 2.45) is 0 Å². The number of nitrogens with one attached hydrogen (secondary N) is 1. The zero-order valence-corrected chi connectivity index (χ0v) is 19.7. The number of aromatic amines is 1. The number of imidazole rings is 1. The van der Waals surface area contributed by atoms with Crippen LogP contribution in [0.3, 0.4) is 0 Å². The molecule has 1 aromatic carbocycles. The minimum Gasteiger partial charge on any atom is -0.488 e. The Hall–Kier alpha value is -2.60. The van der Waals surface area contributed by atoms with Crippen molar-refractivity contribution in [3.63, 3.8) is 0 Å². The van der Waals surface area contributed by atoms with Crippen molar-refractivity contribution >= 4 is 22.8 Å². The molecule has 12 heteroatoms. The Morgan fingerprint density at radius 1 is 1.17 bits per heavy atom. The number of aliphatic hydroxyl groups is 1. The molecule has 2 saturated heterocycles. The van der Waals surface area contributed by atoms with Gasteiger partial charge in [-0.1, -0.05) is 11.6 Å². The summed E-state index contributed by atoms with van der Waals surface area (Å²) < 4.78 is 61.9. The monoisotopic (exact) mass is 525 g/mol. The van der Waals surface area contributed by atoms with Gasteiger partial charge in [-0.25, -0.2) is 18.2 Å². The second kappa shape index (κ2) is 9.37. The molecular formula is C24H23ClF3N3O5. The Kier molecular flexibility index (Phi) is 6.19. The predicted octanol–water partition coefficient (Wildman–Crippen LogP) is 3.57. The van der Waals surface area contributed by atoms with Crippen LogP contribution in [-0.4, -0.2) is 70.7 Å². The molecule has 192 valence electrons. The molecule has 0 radical (unpaired) electrons. The summed E-state index contributed by atoms with van der Waals surface area (Å²) in [6.45, 7) is -0.310. The number of nitrogens with zero attached hydrogens (tertiary/aromatic N) is 2. The van der Waals surface area contributed by atoms with Crippen LogP contribution >= 0.6 is 11.6 Å². The number of halogens is 4. The van der Waals surface area contributed by atoms with Crippen LogP contribution in [-0.2, 0) is 22.3 Å². The van der Waals surface area contributed by atoms with Crippen LogP contribution in [0.2, 0.25) is 5.02 Å². The second-order valence-electron chi connectivity index (χ2n) is 9.27. The molecule has 8 nitrogen and oxygen atoms in total. The molecule has 36 heavy (non-hydrogen) atoms. The van der Waals surface area contributed by atoms with E-state index in [-0.39, 0.29) is 37.0 Å². The highest BCUT2D eigenvalue weighted by Gasteiger charge is 2.48. The van der Waals surface area contributed by atoms with Crippen molar-refractivity contribution in [1.82, 2.24) is 15.0 Å². The number of hydrogen-bond donors (Lipinski definition) is 2. The van der Waals surface area contributed by atoms with E-state index in [4.69, 9.17) is 30.5 Å². The third kappa shape index (κ3) is 4.38. The molecule has 3 aliphatic rings. The first-order chi connectivity index (χ1) is 17.4. The highest BCUT2D eigenvalue weighted by molar-refractivity contribution is 6.31. The summed E-state index contributed by atoms with van der Waals surface area (Å²) in [5.41, 5.74) is 2.84.